The van der Waals surface area contributed by atoms with Crippen LogP contribution in [0.25, 0.3) is 147 Å². The highest BCUT2D eigenvalue weighted by Crippen LogP contribution is 2.45. The third-order valence-corrected chi connectivity index (χ3v) is 21.4. The quantitative estimate of drug-likeness (QED) is 0.111. The third kappa shape index (κ3) is 13.3. The molecule has 8 aromatic carbocycles. The molecular formula is C96H92N8O4+4. The minimum Gasteiger partial charge on any atom is -0.466 e. The molecule has 16 aromatic rings. The van der Waals surface area contributed by atoms with Crippen LogP contribution in [0.1, 0.15) is 157 Å². The van der Waals surface area contributed by atoms with Crippen molar-refractivity contribution < 1.29 is 41.4 Å². The van der Waals surface area contributed by atoms with Gasteiger partial charge in [0.05, 0.1) is 53.6 Å². The SMILES string of the molecule is [2H]C(C)(C)c1cc(C)[n+](C)c(-c2c(C)ccc3c2oc2c([N+]#[C-])cccc23)c1.[2H]C(C)(C)c1cc(C)[n+](C)c(-c2c(C)ccc3c2oc2cc([N+]#[C-])ccc23)c1.[2H]C(C)(C)c1cc(C)[n+](C)c(-c2c(C)ccc3c2oc2ccc([N+]#[C-])cc23)c1.[2H]C(C)(C)c1cc(C)[n+](C)c(-c2c(C)ccc3c2oc2cccc(C#N)c23)c1. The number of hydrogen-bond acceptors (Lipinski definition) is 5. The van der Waals surface area contributed by atoms with Crippen molar-refractivity contribution in [3.8, 4) is 51.1 Å². The van der Waals surface area contributed by atoms with Crippen LogP contribution in [0, 0.1) is 86.4 Å². The normalized spacial score (nSPS) is 12.4. The van der Waals surface area contributed by atoms with E-state index >= 15 is 0 Å². The van der Waals surface area contributed by atoms with Gasteiger partial charge in [0.1, 0.15) is 72.9 Å². The first-order chi connectivity index (χ1) is 52.8. The summed E-state index contributed by atoms with van der Waals surface area (Å²) in [7, 11) is 8.16. The van der Waals surface area contributed by atoms with Crippen LogP contribution in [0.4, 0.5) is 17.1 Å². The van der Waals surface area contributed by atoms with Gasteiger partial charge in [-0.15, -0.1) is 0 Å². The van der Waals surface area contributed by atoms with E-state index in [1.165, 1.54) is 0 Å². The van der Waals surface area contributed by atoms with Gasteiger partial charge in [-0.3, -0.25) is 0 Å². The van der Waals surface area contributed by atoms with E-state index < -0.39 is 23.6 Å². The molecule has 0 fully saturated rings. The number of benzene rings is 8. The van der Waals surface area contributed by atoms with E-state index in [2.05, 4.69) is 185 Å². The van der Waals surface area contributed by atoms with Crippen LogP contribution in [0.2, 0.25) is 0 Å². The van der Waals surface area contributed by atoms with E-state index in [0.29, 0.717) is 28.2 Å². The Morgan fingerprint density at radius 2 is 0.694 bits per heavy atom. The monoisotopic (exact) mass is 1420 g/mol. The van der Waals surface area contributed by atoms with E-state index in [1.54, 1.807) is 18.2 Å². The molecule has 0 radical (unpaired) electrons. The van der Waals surface area contributed by atoms with Crippen molar-refractivity contribution in [1.29, 1.82) is 5.26 Å². The highest BCUT2D eigenvalue weighted by atomic mass is 16.3. The number of para-hydroxylation sites is 1. The number of nitriles is 1. The minimum absolute atomic E-state index is 0.527. The molecule has 12 heteroatoms. The molecule has 8 heterocycles. The molecule has 0 aliphatic carbocycles. The minimum atomic E-state index is -0.697. The lowest BCUT2D eigenvalue weighted by atomic mass is 9.96. The van der Waals surface area contributed by atoms with Crippen LogP contribution in [0.15, 0.2) is 188 Å². The molecule has 0 aliphatic rings. The van der Waals surface area contributed by atoms with Crippen molar-refractivity contribution in [3.05, 3.63) is 277 Å². The van der Waals surface area contributed by atoms with Crippen LogP contribution in [-0.4, -0.2) is 0 Å². The van der Waals surface area contributed by atoms with Crippen LogP contribution in [0.5, 0.6) is 0 Å². The Morgan fingerprint density at radius 1 is 0.343 bits per heavy atom. The maximum Gasteiger partial charge on any atom is 0.229 e. The number of aromatic nitrogens is 4. The number of hydrogen-bond donors (Lipinski definition) is 0. The van der Waals surface area contributed by atoms with E-state index in [0.717, 1.165) is 194 Å². The number of nitrogens with zero attached hydrogens (tertiary/aromatic N) is 8. The first-order valence-corrected chi connectivity index (χ1v) is 36.3. The van der Waals surface area contributed by atoms with Crippen molar-refractivity contribution in [2.75, 3.05) is 0 Å². The second-order valence-corrected chi connectivity index (χ2v) is 29.4. The van der Waals surface area contributed by atoms with Gasteiger partial charge in [0, 0.05) is 125 Å². The van der Waals surface area contributed by atoms with Gasteiger partial charge in [-0.1, -0.05) is 146 Å². The zero-order valence-electron chi connectivity index (χ0n) is 69.4. The van der Waals surface area contributed by atoms with E-state index in [-0.39, 0.29) is 0 Å². The number of rotatable bonds is 8. The molecule has 8 aromatic heterocycles. The second kappa shape index (κ2) is 29.5. The van der Waals surface area contributed by atoms with Gasteiger partial charge >= 0.3 is 0 Å². The molecule has 0 amide bonds. The number of furan rings is 4. The molecule has 0 bridgehead atoms. The van der Waals surface area contributed by atoms with Gasteiger partial charge < -0.3 is 17.7 Å². The average Bonchev–Trinajstić information content (AvgIpc) is 1.54. The van der Waals surface area contributed by atoms with Crippen molar-refractivity contribution in [2.24, 2.45) is 28.2 Å². The lowest BCUT2D eigenvalue weighted by molar-refractivity contribution is -0.666. The Hall–Kier alpha value is -12.5. The summed E-state index contributed by atoms with van der Waals surface area (Å²) < 4.78 is 67.6. The maximum atomic E-state index is 9.54. The lowest BCUT2D eigenvalue weighted by Gasteiger charge is -2.11. The highest BCUT2D eigenvalue weighted by molar-refractivity contribution is 6.15. The van der Waals surface area contributed by atoms with Crippen LogP contribution in [0.3, 0.4) is 0 Å². The second-order valence-electron chi connectivity index (χ2n) is 29.4. The topological polar surface area (TPSA) is 105 Å². The predicted octanol–water partition coefficient (Wildman–Crippen LogP) is 24.8. The molecule has 0 unspecified atom stereocenters. The maximum absolute atomic E-state index is 9.54. The fourth-order valence-electron chi connectivity index (χ4n) is 14.7. The third-order valence-electron chi connectivity index (χ3n) is 21.4. The molecule has 0 saturated heterocycles. The number of aryl methyl sites for hydroxylation is 8. The van der Waals surface area contributed by atoms with E-state index in [9.17, 15) is 5.26 Å². The summed E-state index contributed by atoms with van der Waals surface area (Å²) in [6.45, 7) is 53.8. The smallest absolute Gasteiger partial charge is 0.229 e. The average molecular weight is 1430 g/mol. The summed E-state index contributed by atoms with van der Waals surface area (Å²) in [6.07, 6.45) is 0. The Kier molecular flexibility index (Phi) is 18.7. The van der Waals surface area contributed by atoms with Crippen molar-refractivity contribution in [3.63, 3.8) is 0 Å². The van der Waals surface area contributed by atoms with Crippen LogP contribution < -0.4 is 18.3 Å². The van der Waals surface area contributed by atoms with E-state index in [1.807, 2.05) is 144 Å². The van der Waals surface area contributed by atoms with Gasteiger partial charge in [-0.2, -0.15) is 23.5 Å². The zero-order chi connectivity index (χ0) is 80.9. The van der Waals surface area contributed by atoms with Gasteiger partial charge in [0.25, 0.3) is 0 Å². The standard InChI is InChI=1S/4C24H23N2O/c1-14(2)17-11-16(4)26(6)21(12-17)23-15(3)7-9-20-19-10-8-18(25-5)13-22(19)27-24(20)23;1-14(2)17-11-16(4)26(6)21(12-17)23-15(3)7-9-19-20-13-18(25-5)8-10-22(20)27-24(19)23;1-14(2)17-12-16(4)26(6)21(13-17)22-15(3)10-11-19-18-8-7-9-20(25-5)23(18)27-24(19)22;1-14(2)18-11-16(4)26(5)20(12-18)22-15(3)9-10-19-23-17(13-25)7-6-8-21(23)27-24(19)22/h3*7-14H,1-4,6H3;6-12,14H,1-5H3/q4*+1/i4*14D. The predicted molar refractivity (Wildman–Crippen MR) is 439 cm³/mol. The zero-order valence-corrected chi connectivity index (χ0v) is 65.4. The molecule has 0 atom stereocenters. The Morgan fingerprint density at radius 3 is 1.12 bits per heavy atom. The molecule has 16 rings (SSSR count). The largest absolute Gasteiger partial charge is 0.466 e. The van der Waals surface area contributed by atoms with Crippen LogP contribution in [-0.2, 0) is 28.2 Å². The van der Waals surface area contributed by atoms with Gasteiger partial charge in [-0.05, 0) is 126 Å². The first-order valence-electron chi connectivity index (χ1n) is 38.3. The Balaban J connectivity index is 0.000000131. The fraction of sp³-hybridized carbons (Fsp3) is 0.250. The number of pyridine rings is 4. The summed E-state index contributed by atoms with van der Waals surface area (Å²) in [5.74, 6) is -2.76. The Labute approximate surface area is 638 Å². The lowest BCUT2D eigenvalue weighted by Crippen LogP contribution is -2.35. The number of fused-ring (bicyclic) bond motifs is 12. The van der Waals surface area contributed by atoms with Gasteiger partial charge in [0.15, 0.2) is 34.2 Å². The van der Waals surface area contributed by atoms with Crippen molar-refractivity contribution in [2.45, 2.75) is 134 Å². The summed E-state index contributed by atoms with van der Waals surface area (Å²) in [4.78, 5) is 10.7. The van der Waals surface area contributed by atoms with Crippen molar-refractivity contribution >= 4 is 105 Å². The summed E-state index contributed by atoms with van der Waals surface area (Å²) in [5.41, 5.74) is 29.3. The van der Waals surface area contributed by atoms with Crippen LogP contribution >= 0.6 is 0 Å². The Bertz CT molecular complexity index is 6590. The molecule has 536 valence electrons. The fourth-order valence-corrected chi connectivity index (χ4v) is 14.7. The molecule has 0 saturated carbocycles. The summed E-state index contributed by atoms with van der Waals surface area (Å²) in [5, 5.41) is 17.3. The van der Waals surface area contributed by atoms with Gasteiger partial charge in [-0.25, -0.2) is 14.5 Å². The first kappa shape index (κ1) is 68.6. The molecule has 0 aliphatic heterocycles. The molecular weight excluding hydrogens is 1330 g/mol. The molecule has 108 heavy (non-hydrogen) atoms. The summed E-state index contributed by atoms with van der Waals surface area (Å²) >= 11 is 0. The van der Waals surface area contributed by atoms with Crippen molar-refractivity contribution in [1.82, 2.24) is 0 Å². The highest BCUT2D eigenvalue weighted by Gasteiger charge is 2.29. The molecule has 0 N–H and O–H groups in total. The molecule has 0 spiro atoms. The van der Waals surface area contributed by atoms with E-state index in [4.69, 9.17) is 42.9 Å². The molecule has 12 nitrogen and oxygen atoms in total. The van der Waals surface area contributed by atoms with Gasteiger partial charge in [0.2, 0.25) is 28.5 Å². The summed E-state index contributed by atoms with van der Waals surface area (Å²) in [6, 6.07) is 58.0.